The molecule has 7 heteroatoms. The summed E-state index contributed by atoms with van der Waals surface area (Å²) in [6.07, 6.45) is 0. The van der Waals surface area contributed by atoms with Gasteiger partial charge in [-0.25, -0.2) is 13.6 Å². The molecule has 0 saturated heterocycles. The highest BCUT2D eigenvalue weighted by atomic mass is 32.2. The van der Waals surface area contributed by atoms with E-state index in [0.717, 1.165) is 16.0 Å². The van der Waals surface area contributed by atoms with Crippen molar-refractivity contribution in [1.29, 1.82) is 0 Å². The normalized spacial score (nSPS) is 13.2. The second-order valence-electron chi connectivity index (χ2n) is 7.92. The molecule has 2 rings (SSSR count). The van der Waals surface area contributed by atoms with Gasteiger partial charge in [-0.15, -0.1) is 11.8 Å². The lowest BCUT2D eigenvalue weighted by molar-refractivity contribution is -0.119. The molecule has 0 aliphatic carbocycles. The van der Waals surface area contributed by atoms with Crippen LogP contribution in [0.4, 0.5) is 0 Å². The van der Waals surface area contributed by atoms with Crippen molar-refractivity contribution in [2.75, 3.05) is 5.75 Å². The zero-order valence-corrected chi connectivity index (χ0v) is 18.6. The molecule has 5 nitrogen and oxygen atoms in total. The second-order valence-corrected chi connectivity index (χ2v) is 10.5. The molecule has 3 N–H and O–H groups in total. The highest BCUT2D eigenvalue weighted by Gasteiger charge is 2.16. The minimum absolute atomic E-state index is 0.0551. The molecule has 0 radical (unpaired) electrons. The van der Waals surface area contributed by atoms with Crippen LogP contribution in [0, 0.1) is 6.92 Å². The number of rotatable bonds is 6. The van der Waals surface area contributed by atoms with Crippen LogP contribution in [0.25, 0.3) is 0 Å². The van der Waals surface area contributed by atoms with Crippen molar-refractivity contribution in [1.82, 2.24) is 5.32 Å². The number of amides is 1. The van der Waals surface area contributed by atoms with E-state index in [1.807, 2.05) is 13.8 Å². The first kappa shape index (κ1) is 22.5. The molecule has 0 fully saturated rings. The fraction of sp³-hybridized carbons (Fsp3) is 0.381. The van der Waals surface area contributed by atoms with Crippen molar-refractivity contribution in [2.45, 2.75) is 55.9 Å². The molecule has 0 heterocycles. The third-order valence-electron chi connectivity index (χ3n) is 4.50. The predicted molar refractivity (Wildman–Crippen MR) is 115 cm³/mol. The summed E-state index contributed by atoms with van der Waals surface area (Å²) >= 11 is 1.52. The van der Waals surface area contributed by atoms with E-state index in [4.69, 9.17) is 5.14 Å². The molecule has 1 amide bonds. The Kier molecular flexibility index (Phi) is 6.96. The Bertz CT molecular complexity index is 947. The summed E-state index contributed by atoms with van der Waals surface area (Å²) in [7, 11) is -3.72. The summed E-state index contributed by atoms with van der Waals surface area (Å²) in [5.74, 6) is 0.238. The van der Waals surface area contributed by atoms with Crippen molar-refractivity contribution in [3.8, 4) is 0 Å². The van der Waals surface area contributed by atoms with Crippen molar-refractivity contribution in [3.05, 3.63) is 59.2 Å². The number of nitrogens with one attached hydrogen (secondary N) is 1. The fourth-order valence-corrected chi connectivity index (χ4v) is 4.07. The van der Waals surface area contributed by atoms with E-state index in [1.165, 1.54) is 29.5 Å². The smallest absolute Gasteiger partial charge is 0.238 e. The van der Waals surface area contributed by atoms with Gasteiger partial charge in [-0.05, 0) is 54.2 Å². The van der Waals surface area contributed by atoms with Gasteiger partial charge in [0, 0.05) is 4.90 Å². The Labute approximate surface area is 172 Å². The highest BCUT2D eigenvalue weighted by Crippen LogP contribution is 2.29. The number of hydrogen-bond donors (Lipinski definition) is 2. The minimum atomic E-state index is -3.72. The average Bonchev–Trinajstić information content (AvgIpc) is 2.59. The molecule has 0 saturated carbocycles. The van der Waals surface area contributed by atoms with Gasteiger partial charge in [-0.1, -0.05) is 45.0 Å². The maximum atomic E-state index is 12.4. The monoisotopic (exact) mass is 420 g/mol. The van der Waals surface area contributed by atoms with Gasteiger partial charge < -0.3 is 5.32 Å². The zero-order valence-electron chi connectivity index (χ0n) is 16.9. The largest absolute Gasteiger partial charge is 0.349 e. The lowest BCUT2D eigenvalue weighted by Gasteiger charge is -2.20. The van der Waals surface area contributed by atoms with E-state index in [2.05, 4.69) is 44.3 Å². The number of benzene rings is 2. The molecule has 0 unspecified atom stereocenters. The third-order valence-corrected chi connectivity index (χ3v) is 6.59. The van der Waals surface area contributed by atoms with Gasteiger partial charge in [0.1, 0.15) is 0 Å². The number of primary sulfonamides is 1. The van der Waals surface area contributed by atoms with E-state index in [0.29, 0.717) is 5.75 Å². The van der Waals surface area contributed by atoms with Crippen molar-refractivity contribution in [3.63, 3.8) is 0 Å². The maximum absolute atomic E-state index is 12.4. The molecule has 28 heavy (non-hydrogen) atoms. The molecule has 0 spiro atoms. The molecule has 1 atom stereocenters. The molecule has 152 valence electrons. The van der Waals surface area contributed by atoms with Gasteiger partial charge in [-0.3, -0.25) is 4.79 Å². The lowest BCUT2D eigenvalue weighted by Crippen LogP contribution is -2.28. The molecule has 0 bridgehead atoms. The van der Waals surface area contributed by atoms with E-state index in [1.54, 1.807) is 12.1 Å². The van der Waals surface area contributed by atoms with E-state index in [-0.39, 0.29) is 22.3 Å². The predicted octanol–water partition coefficient (Wildman–Crippen LogP) is 3.91. The number of nitrogens with two attached hydrogens (primary N) is 1. The van der Waals surface area contributed by atoms with Crippen LogP contribution in [0.2, 0.25) is 0 Å². The van der Waals surface area contributed by atoms with Crippen LogP contribution < -0.4 is 10.5 Å². The van der Waals surface area contributed by atoms with Gasteiger partial charge in [0.15, 0.2) is 0 Å². The van der Waals surface area contributed by atoms with Gasteiger partial charge in [0.05, 0.1) is 16.7 Å². The van der Waals surface area contributed by atoms with Crippen LogP contribution in [0.1, 0.15) is 50.4 Å². The number of sulfonamides is 1. The van der Waals surface area contributed by atoms with Gasteiger partial charge >= 0.3 is 0 Å². The Morgan fingerprint density at radius 3 is 2.29 bits per heavy atom. The molecular weight excluding hydrogens is 392 g/mol. The number of hydrogen-bond acceptors (Lipinski definition) is 4. The number of carbonyl (C=O) groups is 1. The highest BCUT2D eigenvalue weighted by molar-refractivity contribution is 8.00. The average molecular weight is 421 g/mol. The molecule has 0 aromatic heterocycles. The van der Waals surface area contributed by atoms with Gasteiger partial charge in [-0.2, -0.15) is 0 Å². The van der Waals surface area contributed by atoms with Crippen LogP contribution in [-0.4, -0.2) is 20.1 Å². The first-order chi connectivity index (χ1) is 12.9. The maximum Gasteiger partial charge on any atom is 0.238 e. The third kappa shape index (κ3) is 6.09. The van der Waals surface area contributed by atoms with Gasteiger partial charge in [0.2, 0.25) is 15.9 Å². The number of thioether (sulfide) groups is 1. The Hall–Kier alpha value is -1.83. The number of carbonyl (C=O) groups excluding carboxylic acids is 1. The molecular formula is C21H28N2O3S2. The van der Waals surface area contributed by atoms with Crippen molar-refractivity contribution in [2.24, 2.45) is 5.14 Å². The van der Waals surface area contributed by atoms with Crippen LogP contribution in [0.15, 0.2) is 52.3 Å². The van der Waals surface area contributed by atoms with Crippen LogP contribution in [-0.2, 0) is 20.2 Å². The minimum Gasteiger partial charge on any atom is -0.349 e. The summed E-state index contributed by atoms with van der Waals surface area (Å²) in [6.45, 7) is 10.4. The molecule has 2 aromatic carbocycles. The summed E-state index contributed by atoms with van der Waals surface area (Å²) < 4.78 is 22.7. The number of aryl methyl sites for hydroxylation is 1. The van der Waals surface area contributed by atoms with E-state index < -0.39 is 10.0 Å². The standard InChI is InChI=1S/C21H28N2O3S2/c1-14-6-9-17(21(3,4)5)12-19(14)27-13-20(24)23-15(2)16-7-10-18(11-8-16)28(22,25)26/h6-12,15H,13H2,1-5H3,(H,23,24)(H2,22,25,26)/t15-/m0/s1. The Morgan fingerprint density at radius 1 is 1.14 bits per heavy atom. The van der Waals surface area contributed by atoms with Crippen molar-refractivity contribution >= 4 is 27.7 Å². The Balaban J connectivity index is 1.99. The summed E-state index contributed by atoms with van der Waals surface area (Å²) in [5, 5.41) is 8.06. The van der Waals surface area contributed by atoms with Gasteiger partial charge in [0.25, 0.3) is 0 Å². The van der Waals surface area contributed by atoms with Crippen LogP contribution in [0.3, 0.4) is 0 Å². The molecule has 2 aromatic rings. The van der Waals surface area contributed by atoms with Crippen LogP contribution >= 0.6 is 11.8 Å². The SMILES string of the molecule is Cc1ccc(C(C)(C)C)cc1SCC(=O)N[C@@H](C)c1ccc(S(N)(=O)=O)cc1. The Morgan fingerprint density at radius 2 is 1.75 bits per heavy atom. The zero-order chi connectivity index (χ0) is 21.1. The lowest BCUT2D eigenvalue weighted by atomic mass is 9.87. The molecule has 0 aliphatic rings. The van der Waals surface area contributed by atoms with E-state index in [9.17, 15) is 13.2 Å². The van der Waals surface area contributed by atoms with Crippen molar-refractivity contribution < 1.29 is 13.2 Å². The summed E-state index contributed by atoms with van der Waals surface area (Å²) in [6, 6.07) is 12.4. The topological polar surface area (TPSA) is 89.3 Å². The van der Waals surface area contributed by atoms with E-state index >= 15 is 0 Å². The quantitative estimate of drug-likeness (QED) is 0.694. The summed E-state index contributed by atoms with van der Waals surface area (Å²) in [5.41, 5.74) is 3.27. The molecule has 0 aliphatic heterocycles. The first-order valence-electron chi connectivity index (χ1n) is 9.04. The summed E-state index contributed by atoms with van der Waals surface area (Å²) in [4.78, 5) is 13.5. The first-order valence-corrected chi connectivity index (χ1v) is 11.6. The van der Waals surface area contributed by atoms with Crippen LogP contribution in [0.5, 0.6) is 0 Å². The fourth-order valence-electron chi connectivity index (χ4n) is 2.68. The second kappa shape index (κ2) is 8.68.